The zero-order chi connectivity index (χ0) is 19.8. The Morgan fingerprint density at radius 3 is 2.52 bits per heavy atom. The van der Waals surface area contributed by atoms with Gasteiger partial charge in [0.2, 0.25) is 11.8 Å². The summed E-state index contributed by atoms with van der Waals surface area (Å²) in [5, 5.41) is 14.4. The molecular formula is C20H28N2O5. The first kappa shape index (κ1) is 20.7. The molecule has 1 aliphatic carbocycles. The lowest BCUT2D eigenvalue weighted by Gasteiger charge is -2.16. The van der Waals surface area contributed by atoms with Crippen molar-refractivity contribution >= 4 is 23.5 Å². The van der Waals surface area contributed by atoms with Crippen molar-refractivity contribution in [1.82, 2.24) is 5.32 Å². The molecule has 148 valence electrons. The summed E-state index contributed by atoms with van der Waals surface area (Å²) in [6.07, 6.45) is 6.01. The SMILES string of the molecule is CC(C)Oc1ccc(C(=O)O)cc1NC(=O)CNC(=O)CCC1CCCC1. The normalized spacial score (nSPS) is 14.2. The first-order valence-corrected chi connectivity index (χ1v) is 9.45. The van der Waals surface area contributed by atoms with Gasteiger partial charge in [0.15, 0.2) is 0 Å². The predicted octanol–water partition coefficient (Wildman–Crippen LogP) is 3.20. The topological polar surface area (TPSA) is 105 Å². The quantitative estimate of drug-likeness (QED) is 0.614. The molecule has 27 heavy (non-hydrogen) atoms. The third-order valence-corrected chi connectivity index (χ3v) is 4.56. The molecule has 2 rings (SSSR count). The molecule has 1 saturated carbocycles. The van der Waals surface area contributed by atoms with E-state index in [4.69, 9.17) is 9.84 Å². The number of ether oxygens (including phenoxy) is 1. The van der Waals surface area contributed by atoms with Crippen molar-refractivity contribution in [2.75, 3.05) is 11.9 Å². The molecule has 0 bridgehead atoms. The maximum Gasteiger partial charge on any atom is 0.335 e. The lowest BCUT2D eigenvalue weighted by molar-refractivity contribution is -0.124. The minimum absolute atomic E-state index is 0.0435. The van der Waals surface area contributed by atoms with Crippen LogP contribution in [0.25, 0.3) is 0 Å². The smallest absolute Gasteiger partial charge is 0.335 e. The van der Waals surface area contributed by atoms with E-state index in [-0.39, 0.29) is 29.8 Å². The number of carboxylic acids is 1. The molecule has 0 atom stereocenters. The van der Waals surface area contributed by atoms with Gasteiger partial charge < -0.3 is 20.5 Å². The Kier molecular flexibility index (Phi) is 7.64. The van der Waals surface area contributed by atoms with Crippen molar-refractivity contribution in [3.05, 3.63) is 23.8 Å². The number of benzene rings is 1. The molecule has 7 heteroatoms. The number of nitrogens with one attached hydrogen (secondary N) is 2. The van der Waals surface area contributed by atoms with Crippen molar-refractivity contribution in [2.24, 2.45) is 5.92 Å². The molecule has 0 saturated heterocycles. The third kappa shape index (κ3) is 6.92. The first-order valence-electron chi connectivity index (χ1n) is 9.45. The number of anilines is 1. The van der Waals surface area contributed by atoms with E-state index >= 15 is 0 Å². The number of rotatable bonds is 9. The molecule has 7 nitrogen and oxygen atoms in total. The van der Waals surface area contributed by atoms with Gasteiger partial charge in [-0.05, 0) is 44.4 Å². The second-order valence-corrected chi connectivity index (χ2v) is 7.20. The highest BCUT2D eigenvalue weighted by Crippen LogP contribution is 2.28. The van der Waals surface area contributed by atoms with E-state index in [2.05, 4.69) is 10.6 Å². The summed E-state index contributed by atoms with van der Waals surface area (Å²) in [5.41, 5.74) is 0.316. The number of amides is 2. The predicted molar refractivity (Wildman–Crippen MR) is 102 cm³/mol. The summed E-state index contributed by atoms with van der Waals surface area (Å²) in [6, 6.07) is 4.28. The van der Waals surface area contributed by atoms with Gasteiger partial charge in [0, 0.05) is 6.42 Å². The van der Waals surface area contributed by atoms with E-state index < -0.39 is 11.9 Å². The lowest BCUT2D eigenvalue weighted by atomic mass is 10.0. The van der Waals surface area contributed by atoms with E-state index in [0.29, 0.717) is 18.1 Å². The van der Waals surface area contributed by atoms with E-state index in [1.165, 1.54) is 43.9 Å². The third-order valence-electron chi connectivity index (χ3n) is 4.56. The van der Waals surface area contributed by atoms with Gasteiger partial charge in [-0.1, -0.05) is 25.7 Å². The van der Waals surface area contributed by atoms with E-state index in [1.54, 1.807) is 0 Å². The molecule has 0 radical (unpaired) electrons. The van der Waals surface area contributed by atoms with Crippen molar-refractivity contribution in [2.45, 2.75) is 58.5 Å². The number of hydrogen-bond acceptors (Lipinski definition) is 4. The molecule has 2 amide bonds. The Labute approximate surface area is 159 Å². The largest absolute Gasteiger partial charge is 0.489 e. The number of carbonyl (C=O) groups excluding carboxylic acids is 2. The number of aromatic carboxylic acids is 1. The van der Waals surface area contributed by atoms with Crippen LogP contribution in [0.1, 0.15) is 62.7 Å². The van der Waals surface area contributed by atoms with Crippen LogP contribution in [-0.4, -0.2) is 35.5 Å². The van der Waals surface area contributed by atoms with E-state index in [0.717, 1.165) is 6.42 Å². The number of hydrogen-bond donors (Lipinski definition) is 3. The second-order valence-electron chi connectivity index (χ2n) is 7.20. The monoisotopic (exact) mass is 376 g/mol. The van der Waals surface area contributed by atoms with E-state index in [1.807, 2.05) is 13.8 Å². The molecule has 1 aliphatic rings. The average Bonchev–Trinajstić information content (AvgIpc) is 3.12. The Balaban J connectivity index is 1.88. The fraction of sp³-hybridized carbons (Fsp3) is 0.550. The molecule has 1 aromatic carbocycles. The van der Waals surface area contributed by atoms with Crippen molar-refractivity contribution in [1.29, 1.82) is 0 Å². The highest BCUT2D eigenvalue weighted by molar-refractivity contribution is 5.97. The Morgan fingerprint density at radius 1 is 1.19 bits per heavy atom. The average molecular weight is 376 g/mol. The summed E-state index contributed by atoms with van der Waals surface area (Å²) in [7, 11) is 0. The van der Waals surface area contributed by atoms with Gasteiger partial charge in [-0.25, -0.2) is 4.79 Å². The molecule has 1 fully saturated rings. The molecule has 3 N–H and O–H groups in total. The van der Waals surface area contributed by atoms with Gasteiger partial charge in [0.1, 0.15) is 5.75 Å². The van der Waals surface area contributed by atoms with E-state index in [9.17, 15) is 14.4 Å². The van der Waals surface area contributed by atoms with Crippen molar-refractivity contribution in [3.8, 4) is 5.75 Å². The van der Waals surface area contributed by atoms with Gasteiger partial charge in [-0.3, -0.25) is 9.59 Å². The van der Waals surface area contributed by atoms with Crippen LogP contribution in [0.15, 0.2) is 18.2 Å². The number of carboxylic acid groups (broad SMARTS) is 1. The lowest BCUT2D eigenvalue weighted by Crippen LogP contribution is -2.33. The van der Waals surface area contributed by atoms with Crippen LogP contribution in [0, 0.1) is 5.92 Å². The highest BCUT2D eigenvalue weighted by atomic mass is 16.5. The summed E-state index contributed by atoms with van der Waals surface area (Å²) < 4.78 is 5.61. The fourth-order valence-corrected chi connectivity index (χ4v) is 3.21. The summed E-state index contributed by atoms with van der Waals surface area (Å²) in [5.74, 6) is -0.660. The minimum Gasteiger partial charge on any atom is -0.489 e. The van der Waals surface area contributed by atoms with Gasteiger partial charge in [-0.2, -0.15) is 0 Å². The van der Waals surface area contributed by atoms with Crippen molar-refractivity contribution < 1.29 is 24.2 Å². The first-order chi connectivity index (χ1) is 12.8. The van der Waals surface area contributed by atoms with Gasteiger partial charge in [0.25, 0.3) is 0 Å². The fourth-order valence-electron chi connectivity index (χ4n) is 3.21. The van der Waals surface area contributed by atoms with Crippen LogP contribution in [-0.2, 0) is 9.59 Å². The van der Waals surface area contributed by atoms with Crippen LogP contribution in [0.2, 0.25) is 0 Å². The standard InChI is InChI=1S/C20H28N2O5/c1-13(2)27-17-9-8-15(20(25)26)11-16(17)22-19(24)12-21-18(23)10-7-14-5-3-4-6-14/h8-9,11,13-14H,3-7,10,12H2,1-2H3,(H,21,23)(H,22,24)(H,25,26). The molecule has 1 aromatic rings. The van der Waals surface area contributed by atoms with Crippen LogP contribution in [0.4, 0.5) is 5.69 Å². The van der Waals surface area contributed by atoms with Gasteiger partial charge in [0.05, 0.1) is 23.9 Å². The molecular weight excluding hydrogens is 348 g/mol. The Morgan fingerprint density at radius 2 is 1.89 bits per heavy atom. The Hall–Kier alpha value is -2.57. The van der Waals surface area contributed by atoms with Crippen LogP contribution in [0.5, 0.6) is 5.75 Å². The van der Waals surface area contributed by atoms with Crippen LogP contribution >= 0.6 is 0 Å². The molecule has 0 unspecified atom stereocenters. The summed E-state index contributed by atoms with van der Waals surface area (Å²) in [4.78, 5) is 35.2. The maximum atomic E-state index is 12.2. The van der Waals surface area contributed by atoms with Gasteiger partial charge in [-0.15, -0.1) is 0 Å². The van der Waals surface area contributed by atoms with Crippen molar-refractivity contribution in [3.63, 3.8) is 0 Å². The second kappa shape index (κ2) is 9.94. The summed E-state index contributed by atoms with van der Waals surface area (Å²) in [6.45, 7) is 3.50. The zero-order valence-electron chi connectivity index (χ0n) is 15.9. The van der Waals surface area contributed by atoms with Gasteiger partial charge >= 0.3 is 5.97 Å². The van der Waals surface area contributed by atoms with Crippen LogP contribution < -0.4 is 15.4 Å². The maximum absolute atomic E-state index is 12.2. The molecule has 0 aromatic heterocycles. The molecule has 0 spiro atoms. The van der Waals surface area contributed by atoms with Crippen LogP contribution in [0.3, 0.4) is 0 Å². The summed E-state index contributed by atoms with van der Waals surface area (Å²) >= 11 is 0. The number of carbonyl (C=O) groups is 3. The zero-order valence-corrected chi connectivity index (χ0v) is 15.9. The molecule has 0 aliphatic heterocycles. The molecule has 0 heterocycles. The highest BCUT2D eigenvalue weighted by Gasteiger charge is 2.17. The minimum atomic E-state index is -1.10. The Bertz CT molecular complexity index is 681.